The topological polar surface area (TPSA) is 35.2 Å². The van der Waals surface area contributed by atoms with Crippen LogP contribution in [0.2, 0.25) is 0 Å². The van der Waals surface area contributed by atoms with E-state index in [2.05, 4.69) is 12.1 Å². The molecule has 0 atom stereocenters. The summed E-state index contributed by atoms with van der Waals surface area (Å²) in [5.74, 6) is 0.930. The van der Waals surface area contributed by atoms with Crippen LogP contribution >= 0.6 is 0 Å². The van der Waals surface area contributed by atoms with E-state index in [0.717, 1.165) is 18.6 Å². The number of hydrogen-bond acceptors (Lipinski definition) is 2. The number of benzene rings is 1. The summed E-state index contributed by atoms with van der Waals surface area (Å²) in [6, 6.07) is 8.21. The first-order valence-corrected chi connectivity index (χ1v) is 5.66. The van der Waals surface area contributed by atoms with E-state index in [1.807, 2.05) is 26.0 Å². The first-order valence-electron chi connectivity index (χ1n) is 5.66. The largest absolute Gasteiger partial charge is 0.491 e. The minimum Gasteiger partial charge on any atom is -0.491 e. The van der Waals surface area contributed by atoms with Crippen molar-refractivity contribution in [3.63, 3.8) is 0 Å². The highest BCUT2D eigenvalue weighted by Crippen LogP contribution is 2.39. The molecule has 2 nitrogen and oxygen atoms in total. The van der Waals surface area contributed by atoms with Gasteiger partial charge in [0, 0.05) is 5.54 Å². The van der Waals surface area contributed by atoms with Crippen LogP contribution in [0.1, 0.15) is 38.7 Å². The van der Waals surface area contributed by atoms with Crippen molar-refractivity contribution in [1.29, 1.82) is 0 Å². The van der Waals surface area contributed by atoms with Crippen LogP contribution in [-0.2, 0) is 5.54 Å². The fourth-order valence-electron chi connectivity index (χ4n) is 2.00. The molecule has 2 N–H and O–H groups in total. The smallest absolute Gasteiger partial charge is 0.120 e. The Kier molecular flexibility index (Phi) is 2.70. The summed E-state index contributed by atoms with van der Waals surface area (Å²) in [7, 11) is 0. The third kappa shape index (κ3) is 2.15. The zero-order chi connectivity index (χ0) is 10.9. The van der Waals surface area contributed by atoms with E-state index < -0.39 is 0 Å². The highest BCUT2D eigenvalue weighted by molar-refractivity contribution is 5.34. The van der Waals surface area contributed by atoms with Gasteiger partial charge in [-0.15, -0.1) is 0 Å². The molecule has 0 aliphatic heterocycles. The van der Waals surface area contributed by atoms with Gasteiger partial charge in [-0.05, 0) is 50.8 Å². The van der Waals surface area contributed by atoms with Gasteiger partial charge in [0.15, 0.2) is 0 Å². The van der Waals surface area contributed by atoms with Crippen LogP contribution in [0.25, 0.3) is 0 Å². The Bertz CT molecular complexity index is 342. The fourth-order valence-corrected chi connectivity index (χ4v) is 2.00. The Balaban J connectivity index is 2.19. The molecule has 15 heavy (non-hydrogen) atoms. The monoisotopic (exact) mass is 205 g/mol. The Morgan fingerprint density at radius 3 is 2.60 bits per heavy atom. The molecule has 0 radical (unpaired) electrons. The van der Waals surface area contributed by atoms with Crippen LogP contribution in [0.3, 0.4) is 0 Å². The molecule has 2 rings (SSSR count). The molecule has 1 fully saturated rings. The summed E-state index contributed by atoms with van der Waals surface area (Å²) >= 11 is 0. The molecule has 1 aliphatic carbocycles. The second-order valence-electron chi connectivity index (χ2n) is 4.70. The van der Waals surface area contributed by atoms with Crippen LogP contribution in [-0.4, -0.2) is 6.10 Å². The summed E-state index contributed by atoms with van der Waals surface area (Å²) in [5, 5.41) is 0. The quantitative estimate of drug-likeness (QED) is 0.823. The average molecular weight is 205 g/mol. The van der Waals surface area contributed by atoms with Crippen molar-refractivity contribution in [1.82, 2.24) is 0 Å². The lowest BCUT2D eigenvalue weighted by Gasteiger charge is -2.38. The van der Waals surface area contributed by atoms with Crippen molar-refractivity contribution < 1.29 is 4.74 Å². The maximum atomic E-state index is 6.27. The number of nitrogens with two attached hydrogens (primary N) is 1. The van der Waals surface area contributed by atoms with Gasteiger partial charge in [0.25, 0.3) is 0 Å². The number of rotatable bonds is 3. The van der Waals surface area contributed by atoms with Gasteiger partial charge in [0.05, 0.1) is 6.10 Å². The van der Waals surface area contributed by atoms with Crippen molar-refractivity contribution in [3.05, 3.63) is 29.8 Å². The molecule has 0 spiro atoms. The highest BCUT2D eigenvalue weighted by Gasteiger charge is 2.34. The second kappa shape index (κ2) is 3.86. The zero-order valence-corrected chi connectivity index (χ0v) is 9.49. The van der Waals surface area contributed by atoms with Crippen LogP contribution in [0, 0.1) is 0 Å². The summed E-state index contributed by atoms with van der Waals surface area (Å²) in [4.78, 5) is 0. The molecular formula is C13H19NO. The zero-order valence-electron chi connectivity index (χ0n) is 9.49. The molecule has 82 valence electrons. The predicted molar refractivity (Wildman–Crippen MR) is 61.9 cm³/mol. The van der Waals surface area contributed by atoms with Crippen LogP contribution < -0.4 is 10.5 Å². The van der Waals surface area contributed by atoms with Gasteiger partial charge in [-0.3, -0.25) is 0 Å². The molecule has 1 aliphatic rings. The van der Waals surface area contributed by atoms with E-state index >= 15 is 0 Å². The third-order valence-electron chi connectivity index (χ3n) is 3.03. The second-order valence-corrected chi connectivity index (χ2v) is 4.70. The Morgan fingerprint density at radius 2 is 2.07 bits per heavy atom. The summed E-state index contributed by atoms with van der Waals surface area (Å²) in [6.45, 7) is 4.07. The van der Waals surface area contributed by atoms with Gasteiger partial charge < -0.3 is 10.5 Å². The van der Waals surface area contributed by atoms with Crippen molar-refractivity contribution in [2.75, 3.05) is 0 Å². The molecule has 0 aromatic heterocycles. The minimum absolute atomic E-state index is 0.0870. The van der Waals surface area contributed by atoms with Crippen LogP contribution in [0.5, 0.6) is 5.75 Å². The molecule has 0 bridgehead atoms. The number of ether oxygens (including phenoxy) is 1. The molecule has 1 aromatic carbocycles. The summed E-state index contributed by atoms with van der Waals surface area (Å²) in [5.41, 5.74) is 7.40. The Labute approximate surface area is 91.4 Å². The molecule has 1 aromatic rings. The van der Waals surface area contributed by atoms with E-state index in [1.165, 1.54) is 12.0 Å². The van der Waals surface area contributed by atoms with Gasteiger partial charge >= 0.3 is 0 Å². The Hall–Kier alpha value is -1.02. The fraction of sp³-hybridized carbons (Fsp3) is 0.538. The van der Waals surface area contributed by atoms with Crippen molar-refractivity contribution in [2.45, 2.75) is 44.8 Å². The lowest BCUT2D eigenvalue weighted by molar-refractivity contribution is 0.235. The SMILES string of the molecule is CC(C)Oc1cccc(C2(N)CCC2)c1. The van der Waals surface area contributed by atoms with Gasteiger partial charge in [-0.2, -0.15) is 0 Å². The van der Waals surface area contributed by atoms with E-state index in [0.29, 0.717) is 0 Å². The van der Waals surface area contributed by atoms with Crippen LogP contribution in [0.15, 0.2) is 24.3 Å². The maximum absolute atomic E-state index is 6.27. The Morgan fingerprint density at radius 1 is 1.33 bits per heavy atom. The molecule has 1 saturated carbocycles. The molecule has 2 heteroatoms. The first-order chi connectivity index (χ1) is 7.10. The highest BCUT2D eigenvalue weighted by atomic mass is 16.5. The molecular weight excluding hydrogens is 186 g/mol. The number of hydrogen-bond donors (Lipinski definition) is 1. The summed E-state index contributed by atoms with van der Waals surface area (Å²) < 4.78 is 5.66. The van der Waals surface area contributed by atoms with E-state index in [1.54, 1.807) is 0 Å². The third-order valence-corrected chi connectivity index (χ3v) is 3.03. The minimum atomic E-state index is -0.0870. The van der Waals surface area contributed by atoms with E-state index in [9.17, 15) is 0 Å². The van der Waals surface area contributed by atoms with Crippen molar-refractivity contribution >= 4 is 0 Å². The van der Waals surface area contributed by atoms with Gasteiger partial charge in [0.1, 0.15) is 5.75 Å². The lowest BCUT2D eigenvalue weighted by atomic mass is 9.73. The summed E-state index contributed by atoms with van der Waals surface area (Å²) in [6.07, 6.45) is 3.65. The van der Waals surface area contributed by atoms with Crippen molar-refractivity contribution in [3.8, 4) is 5.75 Å². The molecule has 0 amide bonds. The predicted octanol–water partition coefficient (Wildman–Crippen LogP) is 2.81. The average Bonchev–Trinajstić information content (AvgIpc) is 2.13. The maximum Gasteiger partial charge on any atom is 0.120 e. The first kappa shape index (κ1) is 10.5. The molecule has 0 saturated heterocycles. The van der Waals surface area contributed by atoms with Crippen LogP contribution in [0.4, 0.5) is 0 Å². The lowest BCUT2D eigenvalue weighted by Crippen LogP contribution is -2.43. The van der Waals surface area contributed by atoms with E-state index in [-0.39, 0.29) is 11.6 Å². The normalized spacial score (nSPS) is 18.7. The van der Waals surface area contributed by atoms with Gasteiger partial charge in [-0.1, -0.05) is 12.1 Å². The van der Waals surface area contributed by atoms with Gasteiger partial charge in [-0.25, -0.2) is 0 Å². The molecule has 0 heterocycles. The molecule has 0 unspecified atom stereocenters. The van der Waals surface area contributed by atoms with E-state index in [4.69, 9.17) is 10.5 Å². The van der Waals surface area contributed by atoms with Crippen molar-refractivity contribution in [2.24, 2.45) is 5.73 Å². The van der Waals surface area contributed by atoms with Gasteiger partial charge in [0.2, 0.25) is 0 Å². The standard InChI is InChI=1S/C13H19NO/c1-10(2)15-12-6-3-5-11(9-12)13(14)7-4-8-13/h3,5-6,9-10H,4,7-8,14H2,1-2H3.